The Balaban J connectivity index is 3.02. The first-order chi connectivity index (χ1) is 10.2. The van der Waals surface area contributed by atoms with Crippen LogP contribution in [0.4, 0.5) is 0 Å². The van der Waals surface area contributed by atoms with Crippen LogP contribution in [0.1, 0.15) is 38.3 Å². The summed E-state index contributed by atoms with van der Waals surface area (Å²) in [5.74, 6) is -0.273. The number of amides is 1. The molecular formula is C16H26N2O3S. The monoisotopic (exact) mass is 326 g/mol. The van der Waals surface area contributed by atoms with Gasteiger partial charge in [0.25, 0.3) is 0 Å². The summed E-state index contributed by atoms with van der Waals surface area (Å²) in [5.41, 5.74) is 1.57. The first kappa shape index (κ1) is 18.6. The maximum Gasteiger partial charge on any atom is 0.243 e. The van der Waals surface area contributed by atoms with Gasteiger partial charge in [-0.05, 0) is 44.4 Å². The molecular weight excluding hydrogens is 300 g/mol. The van der Waals surface area contributed by atoms with Gasteiger partial charge in [-0.25, -0.2) is 8.42 Å². The van der Waals surface area contributed by atoms with Crippen molar-refractivity contribution in [2.75, 3.05) is 13.1 Å². The zero-order chi connectivity index (χ0) is 16.9. The molecule has 1 amide bonds. The minimum Gasteiger partial charge on any atom is -0.353 e. The summed E-state index contributed by atoms with van der Waals surface area (Å²) in [6.45, 7) is 9.31. The number of sulfonamides is 1. The molecule has 0 spiro atoms. The second-order valence-corrected chi connectivity index (χ2v) is 7.48. The summed E-state index contributed by atoms with van der Waals surface area (Å²) in [7, 11) is -3.67. The second kappa shape index (κ2) is 7.74. The molecule has 1 aromatic rings. The zero-order valence-electron chi connectivity index (χ0n) is 14.0. The Labute approximate surface area is 133 Å². The highest BCUT2D eigenvalue weighted by Crippen LogP contribution is 2.21. The molecule has 0 saturated heterocycles. The molecule has 0 aliphatic rings. The van der Waals surface area contributed by atoms with Crippen LogP contribution in [0.3, 0.4) is 0 Å². The molecule has 0 fully saturated rings. The molecule has 1 N–H and O–H groups in total. The van der Waals surface area contributed by atoms with Crippen molar-refractivity contribution < 1.29 is 13.2 Å². The van der Waals surface area contributed by atoms with Crippen molar-refractivity contribution in [1.29, 1.82) is 0 Å². The fraction of sp³-hybridized carbons (Fsp3) is 0.562. The lowest BCUT2D eigenvalue weighted by Crippen LogP contribution is -2.43. The van der Waals surface area contributed by atoms with Crippen LogP contribution >= 0.6 is 0 Å². The van der Waals surface area contributed by atoms with Crippen molar-refractivity contribution in [3.05, 3.63) is 29.3 Å². The van der Waals surface area contributed by atoms with E-state index in [0.29, 0.717) is 5.56 Å². The van der Waals surface area contributed by atoms with E-state index in [4.69, 9.17) is 0 Å². The van der Waals surface area contributed by atoms with Crippen LogP contribution in [0.2, 0.25) is 0 Å². The van der Waals surface area contributed by atoms with Gasteiger partial charge in [0.15, 0.2) is 0 Å². The highest BCUT2D eigenvalue weighted by molar-refractivity contribution is 7.89. The number of carbonyl (C=O) groups excluding carboxylic acids is 1. The summed E-state index contributed by atoms with van der Waals surface area (Å²) in [4.78, 5) is 12.3. The van der Waals surface area contributed by atoms with Crippen molar-refractivity contribution in [3.8, 4) is 0 Å². The number of hydrogen-bond donors (Lipinski definition) is 1. The van der Waals surface area contributed by atoms with Crippen LogP contribution in [-0.4, -0.2) is 37.8 Å². The molecule has 0 bridgehead atoms. The van der Waals surface area contributed by atoms with Crippen molar-refractivity contribution in [3.63, 3.8) is 0 Å². The molecule has 5 nitrogen and oxygen atoms in total. The van der Waals surface area contributed by atoms with Gasteiger partial charge in [0, 0.05) is 12.6 Å². The smallest absolute Gasteiger partial charge is 0.243 e. The molecule has 1 atom stereocenters. The lowest BCUT2D eigenvalue weighted by atomic mass is 10.2. The molecule has 22 heavy (non-hydrogen) atoms. The fourth-order valence-electron chi connectivity index (χ4n) is 2.07. The minimum absolute atomic E-state index is 0.0367. The molecule has 0 heterocycles. The largest absolute Gasteiger partial charge is 0.353 e. The van der Waals surface area contributed by atoms with Gasteiger partial charge >= 0.3 is 0 Å². The number of hydrogen-bond acceptors (Lipinski definition) is 3. The highest BCUT2D eigenvalue weighted by Gasteiger charge is 2.27. The van der Waals surface area contributed by atoms with Crippen LogP contribution in [0, 0.1) is 13.8 Å². The van der Waals surface area contributed by atoms with E-state index in [1.165, 1.54) is 4.31 Å². The third-order valence-electron chi connectivity index (χ3n) is 3.65. The van der Waals surface area contributed by atoms with Gasteiger partial charge in [0.2, 0.25) is 15.9 Å². The highest BCUT2D eigenvalue weighted by atomic mass is 32.2. The molecule has 6 heteroatoms. The quantitative estimate of drug-likeness (QED) is 0.835. The number of likely N-dealkylation sites (N-methyl/N-ethyl adjacent to an activating group) is 1. The average molecular weight is 326 g/mol. The van der Waals surface area contributed by atoms with Crippen LogP contribution < -0.4 is 5.32 Å². The molecule has 124 valence electrons. The van der Waals surface area contributed by atoms with E-state index in [-0.39, 0.29) is 29.9 Å². The minimum atomic E-state index is -3.67. The van der Waals surface area contributed by atoms with E-state index in [1.54, 1.807) is 26.0 Å². The summed E-state index contributed by atoms with van der Waals surface area (Å²) < 4.78 is 26.8. The SMILES string of the molecule is CCC(C)NC(=O)CN(CC)S(=O)(=O)c1cc(C)ccc1C. The van der Waals surface area contributed by atoms with Gasteiger partial charge in [0.1, 0.15) is 0 Å². The Kier molecular flexibility index (Phi) is 6.56. The van der Waals surface area contributed by atoms with E-state index in [0.717, 1.165) is 12.0 Å². The predicted molar refractivity (Wildman–Crippen MR) is 88.2 cm³/mol. The first-order valence-electron chi connectivity index (χ1n) is 7.59. The van der Waals surface area contributed by atoms with E-state index in [9.17, 15) is 13.2 Å². The van der Waals surface area contributed by atoms with Crippen LogP contribution in [0.15, 0.2) is 23.1 Å². The Morgan fingerprint density at radius 1 is 1.27 bits per heavy atom. The van der Waals surface area contributed by atoms with E-state index >= 15 is 0 Å². The molecule has 1 unspecified atom stereocenters. The lowest BCUT2D eigenvalue weighted by Gasteiger charge is -2.22. The maximum atomic E-state index is 12.8. The first-order valence-corrected chi connectivity index (χ1v) is 9.03. The number of carbonyl (C=O) groups is 1. The third kappa shape index (κ3) is 4.55. The van der Waals surface area contributed by atoms with Crippen molar-refractivity contribution >= 4 is 15.9 Å². The second-order valence-electron chi connectivity index (χ2n) is 5.58. The lowest BCUT2D eigenvalue weighted by molar-refractivity contribution is -0.121. The number of nitrogens with zero attached hydrogens (tertiary/aromatic N) is 1. The Morgan fingerprint density at radius 2 is 1.91 bits per heavy atom. The van der Waals surface area contributed by atoms with E-state index in [2.05, 4.69) is 5.32 Å². The van der Waals surface area contributed by atoms with Gasteiger partial charge < -0.3 is 5.32 Å². The van der Waals surface area contributed by atoms with E-state index in [1.807, 2.05) is 26.8 Å². The Morgan fingerprint density at radius 3 is 2.45 bits per heavy atom. The maximum absolute atomic E-state index is 12.8. The number of aryl methyl sites for hydroxylation is 2. The number of rotatable bonds is 7. The van der Waals surface area contributed by atoms with E-state index < -0.39 is 10.0 Å². The van der Waals surface area contributed by atoms with Gasteiger partial charge in [-0.2, -0.15) is 4.31 Å². The fourth-order valence-corrected chi connectivity index (χ4v) is 3.79. The van der Waals surface area contributed by atoms with Crippen LogP contribution in [-0.2, 0) is 14.8 Å². The van der Waals surface area contributed by atoms with Crippen LogP contribution in [0.25, 0.3) is 0 Å². The summed E-state index contributed by atoms with van der Waals surface area (Å²) in [6.07, 6.45) is 0.807. The molecule has 0 aromatic heterocycles. The molecule has 0 aliphatic carbocycles. The van der Waals surface area contributed by atoms with Gasteiger partial charge in [-0.15, -0.1) is 0 Å². The van der Waals surface area contributed by atoms with Crippen molar-refractivity contribution in [2.45, 2.75) is 52.0 Å². The summed E-state index contributed by atoms with van der Waals surface area (Å²) >= 11 is 0. The van der Waals surface area contributed by atoms with Gasteiger partial charge in [-0.3, -0.25) is 4.79 Å². The van der Waals surface area contributed by atoms with Crippen molar-refractivity contribution in [1.82, 2.24) is 9.62 Å². The normalized spacial score (nSPS) is 13.2. The summed E-state index contributed by atoms with van der Waals surface area (Å²) in [6, 6.07) is 5.35. The van der Waals surface area contributed by atoms with Crippen molar-refractivity contribution in [2.24, 2.45) is 0 Å². The standard InChI is InChI=1S/C16H26N2O3S/c1-6-14(5)17-16(19)11-18(7-2)22(20,21)15-10-12(3)8-9-13(15)4/h8-10,14H,6-7,11H2,1-5H3,(H,17,19). The molecule has 0 radical (unpaired) electrons. The Bertz CT molecular complexity index is 626. The zero-order valence-corrected chi connectivity index (χ0v) is 14.8. The number of nitrogens with one attached hydrogen (secondary N) is 1. The topological polar surface area (TPSA) is 66.5 Å². The molecule has 0 aliphatic heterocycles. The Hall–Kier alpha value is -1.40. The molecule has 1 rings (SSSR count). The molecule has 0 saturated carbocycles. The predicted octanol–water partition coefficient (Wildman–Crippen LogP) is 2.23. The molecule has 1 aromatic carbocycles. The third-order valence-corrected chi connectivity index (χ3v) is 5.72. The van der Waals surface area contributed by atoms with Gasteiger partial charge in [0.05, 0.1) is 11.4 Å². The number of benzene rings is 1. The van der Waals surface area contributed by atoms with Gasteiger partial charge in [-0.1, -0.05) is 26.0 Å². The average Bonchev–Trinajstić information content (AvgIpc) is 2.46. The summed E-state index contributed by atoms with van der Waals surface area (Å²) in [5, 5.41) is 2.80. The van der Waals surface area contributed by atoms with Crippen LogP contribution in [0.5, 0.6) is 0 Å².